The summed E-state index contributed by atoms with van der Waals surface area (Å²) in [5.41, 5.74) is 1.01. The first-order valence-electron chi connectivity index (χ1n) is 9.34. The van der Waals surface area contributed by atoms with E-state index < -0.39 is 14.8 Å². The maximum Gasteiger partial charge on any atom is 0.216 e. The fourth-order valence-electron chi connectivity index (χ4n) is 2.38. The minimum atomic E-state index is -3.24. The summed E-state index contributed by atoms with van der Waals surface area (Å²) < 4.78 is 31.7. The summed E-state index contributed by atoms with van der Waals surface area (Å²) in [4.78, 5) is 0. The van der Waals surface area contributed by atoms with E-state index in [1.165, 1.54) is 0 Å². The van der Waals surface area contributed by atoms with Gasteiger partial charge in [0.25, 0.3) is 0 Å². The molecule has 0 aliphatic rings. The number of rotatable bonds is 10. The third-order valence-corrected chi connectivity index (χ3v) is 6.29. The molecule has 6 heteroatoms. The van der Waals surface area contributed by atoms with Crippen LogP contribution >= 0.6 is 0 Å². The fourth-order valence-corrected chi connectivity index (χ4v) is 3.22. The van der Waals surface area contributed by atoms with Gasteiger partial charge in [-0.3, -0.25) is 0 Å². The largest absolute Gasteiger partial charge is 0.457 e. The van der Waals surface area contributed by atoms with Crippen LogP contribution in [0.25, 0.3) is 0 Å². The number of nitrogens with one attached hydrogen (secondary N) is 2. The quantitative estimate of drug-likeness (QED) is 0.573. The molecule has 5 nitrogen and oxygen atoms in total. The Labute approximate surface area is 163 Å². The van der Waals surface area contributed by atoms with Crippen LogP contribution in [0.5, 0.6) is 11.5 Å². The average molecular weight is 391 g/mol. The summed E-state index contributed by atoms with van der Waals surface area (Å²) in [6.45, 7) is 6.43. The second-order valence-electron chi connectivity index (χ2n) is 7.44. The van der Waals surface area contributed by atoms with Crippen molar-refractivity contribution in [2.24, 2.45) is 0 Å². The van der Waals surface area contributed by atoms with Gasteiger partial charge in [-0.15, -0.1) is 0 Å². The Hall–Kier alpha value is -2.05. The summed E-state index contributed by atoms with van der Waals surface area (Å²) in [6.07, 6.45) is 2.76. The van der Waals surface area contributed by atoms with Gasteiger partial charge >= 0.3 is 0 Å². The van der Waals surface area contributed by atoms with Crippen LogP contribution in [-0.4, -0.2) is 26.3 Å². The number of sulfonamides is 1. The first kappa shape index (κ1) is 21.3. The third kappa shape index (κ3) is 7.23. The molecular weight excluding hydrogens is 360 g/mol. The lowest BCUT2D eigenvalue weighted by Crippen LogP contribution is -2.39. The lowest BCUT2D eigenvalue weighted by Gasteiger charge is -2.19. The van der Waals surface area contributed by atoms with Gasteiger partial charge in [-0.2, -0.15) is 0 Å². The Morgan fingerprint density at radius 3 is 2.22 bits per heavy atom. The molecule has 2 rings (SSSR count). The maximum atomic E-state index is 12.0. The topological polar surface area (TPSA) is 67.4 Å². The Bertz CT molecular complexity index is 800. The van der Waals surface area contributed by atoms with E-state index in [4.69, 9.17) is 4.74 Å². The van der Waals surface area contributed by atoms with Crippen molar-refractivity contribution in [3.05, 3.63) is 54.6 Å². The van der Waals surface area contributed by atoms with Crippen molar-refractivity contribution in [1.82, 2.24) is 4.72 Å². The van der Waals surface area contributed by atoms with Gasteiger partial charge in [0.1, 0.15) is 11.5 Å². The molecule has 0 amide bonds. The highest BCUT2D eigenvalue weighted by molar-refractivity contribution is 7.90. The van der Waals surface area contributed by atoms with Gasteiger partial charge in [-0.25, -0.2) is 13.1 Å². The second-order valence-corrected chi connectivity index (χ2v) is 9.96. The predicted octanol–water partition coefficient (Wildman–Crippen LogP) is 4.78. The third-order valence-electron chi connectivity index (χ3n) is 4.09. The molecule has 0 radical (unpaired) electrons. The highest BCUT2D eigenvalue weighted by Gasteiger charge is 2.27. The summed E-state index contributed by atoms with van der Waals surface area (Å²) in [5, 5.41) is 3.38. The number of unbranched alkanes of at least 4 members (excludes halogenated alkanes) is 2. The summed E-state index contributed by atoms with van der Waals surface area (Å²) in [5.74, 6) is 1.61. The molecule has 0 saturated heterocycles. The van der Waals surface area contributed by atoms with Crippen LogP contribution in [0.2, 0.25) is 0 Å². The van der Waals surface area contributed by atoms with Crippen molar-refractivity contribution in [1.29, 1.82) is 0 Å². The van der Waals surface area contributed by atoms with E-state index in [9.17, 15) is 8.42 Å². The van der Waals surface area contributed by atoms with Gasteiger partial charge in [0.2, 0.25) is 10.0 Å². The molecule has 148 valence electrons. The fraction of sp³-hybridized carbons (Fsp3) is 0.429. The van der Waals surface area contributed by atoms with Crippen LogP contribution in [0.3, 0.4) is 0 Å². The zero-order chi connectivity index (χ0) is 19.8. The van der Waals surface area contributed by atoms with Crippen molar-refractivity contribution < 1.29 is 13.2 Å². The normalized spacial score (nSPS) is 12.0. The van der Waals surface area contributed by atoms with Gasteiger partial charge < -0.3 is 10.1 Å². The van der Waals surface area contributed by atoms with Gasteiger partial charge in [-0.05, 0) is 57.9 Å². The first-order chi connectivity index (χ1) is 12.8. The number of para-hydroxylation sites is 1. The monoisotopic (exact) mass is 390 g/mol. The first-order valence-corrected chi connectivity index (χ1v) is 10.8. The molecular formula is C21H30N2O3S. The predicted molar refractivity (Wildman–Crippen MR) is 112 cm³/mol. The summed E-state index contributed by atoms with van der Waals surface area (Å²) in [6, 6.07) is 17.6. The molecule has 0 bridgehead atoms. The molecule has 2 N–H and O–H groups in total. The van der Waals surface area contributed by atoms with Crippen molar-refractivity contribution in [2.75, 3.05) is 18.4 Å². The van der Waals surface area contributed by atoms with E-state index in [1.54, 1.807) is 20.8 Å². The van der Waals surface area contributed by atoms with Gasteiger partial charge in [0.05, 0.1) is 4.75 Å². The Morgan fingerprint density at radius 1 is 0.852 bits per heavy atom. The zero-order valence-corrected chi connectivity index (χ0v) is 17.2. The Balaban J connectivity index is 1.67. The van der Waals surface area contributed by atoms with Crippen LogP contribution in [0.15, 0.2) is 54.6 Å². The van der Waals surface area contributed by atoms with E-state index in [0.29, 0.717) is 6.54 Å². The van der Waals surface area contributed by atoms with E-state index in [0.717, 1.165) is 43.0 Å². The van der Waals surface area contributed by atoms with Gasteiger partial charge in [0, 0.05) is 24.8 Å². The highest BCUT2D eigenvalue weighted by atomic mass is 32.2. The molecule has 0 atom stereocenters. The molecule has 0 heterocycles. The molecule has 0 saturated carbocycles. The van der Waals surface area contributed by atoms with Gasteiger partial charge in [-0.1, -0.05) is 30.7 Å². The Morgan fingerprint density at radius 2 is 1.52 bits per heavy atom. The molecule has 0 unspecified atom stereocenters. The van der Waals surface area contributed by atoms with Crippen LogP contribution in [-0.2, 0) is 10.0 Å². The van der Waals surface area contributed by atoms with Crippen molar-refractivity contribution in [3.8, 4) is 11.5 Å². The summed E-state index contributed by atoms with van der Waals surface area (Å²) >= 11 is 0. The molecule has 0 aromatic heterocycles. The lowest BCUT2D eigenvalue weighted by molar-refractivity contribution is 0.483. The average Bonchev–Trinajstić information content (AvgIpc) is 2.61. The minimum Gasteiger partial charge on any atom is -0.457 e. The molecule has 27 heavy (non-hydrogen) atoms. The van der Waals surface area contributed by atoms with E-state index in [-0.39, 0.29) is 0 Å². The second kappa shape index (κ2) is 9.76. The van der Waals surface area contributed by atoms with Crippen molar-refractivity contribution >= 4 is 15.7 Å². The van der Waals surface area contributed by atoms with E-state index in [1.807, 2.05) is 54.6 Å². The van der Waals surface area contributed by atoms with Gasteiger partial charge in [0.15, 0.2) is 0 Å². The Kier molecular flexibility index (Phi) is 7.68. The molecule has 0 fully saturated rings. The zero-order valence-electron chi connectivity index (χ0n) is 16.4. The number of hydrogen-bond donors (Lipinski definition) is 2. The van der Waals surface area contributed by atoms with Crippen LogP contribution < -0.4 is 14.8 Å². The SMILES string of the molecule is CC(C)(C)S(=O)(=O)NCCCCCNc1cccc(Oc2ccccc2)c1. The number of ether oxygens (including phenoxy) is 1. The van der Waals surface area contributed by atoms with Crippen molar-refractivity contribution in [3.63, 3.8) is 0 Å². The van der Waals surface area contributed by atoms with Crippen LogP contribution in [0.1, 0.15) is 40.0 Å². The summed E-state index contributed by atoms with van der Waals surface area (Å²) in [7, 11) is -3.24. The molecule has 2 aromatic rings. The standard InChI is InChI=1S/C21H30N2O3S/c1-21(2,3)27(24,25)23-16-9-5-8-15-22-18-11-10-14-20(17-18)26-19-12-6-4-7-13-19/h4,6-7,10-14,17,22-23H,5,8-9,15-16H2,1-3H3. The number of anilines is 1. The molecule has 0 aliphatic carbocycles. The molecule has 0 spiro atoms. The lowest BCUT2D eigenvalue weighted by atomic mass is 10.2. The number of benzene rings is 2. The van der Waals surface area contributed by atoms with Crippen LogP contribution in [0.4, 0.5) is 5.69 Å². The van der Waals surface area contributed by atoms with E-state index in [2.05, 4.69) is 10.0 Å². The maximum absolute atomic E-state index is 12.0. The molecule has 2 aromatic carbocycles. The van der Waals surface area contributed by atoms with E-state index >= 15 is 0 Å². The molecule has 0 aliphatic heterocycles. The highest BCUT2D eigenvalue weighted by Crippen LogP contribution is 2.23. The minimum absolute atomic E-state index is 0.486. The number of hydrogen-bond acceptors (Lipinski definition) is 4. The smallest absolute Gasteiger partial charge is 0.216 e. The van der Waals surface area contributed by atoms with Crippen molar-refractivity contribution in [2.45, 2.75) is 44.8 Å². The van der Waals surface area contributed by atoms with Crippen LogP contribution in [0, 0.1) is 0 Å².